The first-order chi connectivity index (χ1) is 7.94. The van der Waals surface area contributed by atoms with Crippen molar-refractivity contribution in [2.24, 2.45) is 0 Å². The van der Waals surface area contributed by atoms with Crippen molar-refractivity contribution in [1.29, 1.82) is 0 Å². The smallest absolute Gasteiger partial charge is 0.405 e. The summed E-state index contributed by atoms with van der Waals surface area (Å²) in [6.07, 6.45) is -3.52. The van der Waals surface area contributed by atoms with Crippen LogP contribution in [-0.2, 0) is 0 Å². The number of hydrogen-bond acceptors (Lipinski definition) is 2. The van der Waals surface area contributed by atoms with Crippen LogP contribution in [0, 0.1) is 6.92 Å². The summed E-state index contributed by atoms with van der Waals surface area (Å²) in [5.41, 5.74) is -0.0433. The molecule has 0 aliphatic carbocycles. The van der Waals surface area contributed by atoms with Gasteiger partial charge in [0, 0.05) is 6.42 Å². The van der Waals surface area contributed by atoms with Crippen molar-refractivity contribution in [3.8, 4) is 5.75 Å². The SMILES string of the molecule is [CH2]CCCC(=O)c1ccccc1OC(F)(F)F. The topological polar surface area (TPSA) is 26.3 Å². The van der Waals surface area contributed by atoms with Crippen LogP contribution in [-0.4, -0.2) is 12.1 Å². The second kappa shape index (κ2) is 5.70. The molecule has 1 aromatic carbocycles. The number of carbonyl (C=O) groups excluding carboxylic acids is 1. The molecule has 0 bridgehead atoms. The molecule has 17 heavy (non-hydrogen) atoms. The van der Waals surface area contributed by atoms with E-state index in [4.69, 9.17) is 0 Å². The van der Waals surface area contributed by atoms with Gasteiger partial charge in [0.05, 0.1) is 5.56 Å². The average Bonchev–Trinajstić information content (AvgIpc) is 2.24. The van der Waals surface area contributed by atoms with Crippen LogP contribution >= 0.6 is 0 Å². The van der Waals surface area contributed by atoms with Gasteiger partial charge in [-0.3, -0.25) is 4.79 Å². The van der Waals surface area contributed by atoms with Gasteiger partial charge in [0.1, 0.15) is 5.75 Å². The molecule has 2 nitrogen and oxygen atoms in total. The summed E-state index contributed by atoms with van der Waals surface area (Å²) in [4.78, 5) is 11.6. The van der Waals surface area contributed by atoms with Gasteiger partial charge in [-0.05, 0) is 18.6 Å². The molecule has 0 amide bonds. The minimum atomic E-state index is -4.79. The number of ketones is 1. The molecule has 0 atom stereocenters. The van der Waals surface area contributed by atoms with Crippen LogP contribution in [0.15, 0.2) is 24.3 Å². The highest BCUT2D eigenvalue weighted by Gasteiger charge is 2.32. The van der Waals surface area contributed by atoms with Gasteiger partial charge in [0.15, 0.2) is 5.78 Å². The summed E-state index contributed by atoms with van der Waals surface area (Å²) in [5, 5.41) is 0. The Morgan fingerprint density at radius 2 is 1.94 bits per heavy atom. The second-order valence-corrected chi connectivity index (χ2v) is 3.42. The van der Waals surface area contributed by atoms with Crippen molar-refractivity contribution < 1.29 is 22.7 Å². The summed E-state index contributed by atoms with van der Waals surface area (Å²) in [6.45, 7) is 3.57. The predicted octanol–water partition coefficient (Wildman–Crippen LogP) is 3.77. The molecule has 0 heterocycles. The Balaban J connectivity index is 2.88. The van der Waals surface area contributed by atoms with Crippen LogP contribution < -0.4 is 4.74 Å². The number of hydrogen-bond donors (Lipinski definition) is 0. The Bertz CT molecular complexity index is 386. The van der Waals surface area contributed by atoms with Crippen LogP contribution in [0.4, 0.5) is 13.2 Å². The molecule has 5 heteroatoms. The minimum Gasteiger partial charge on any atom is -0.405 e. The zero-order valence-corrected chi connectivity index (χ0v) is 9.09. The van der Waals surface area contributed by atoms with Crippen LogP contribution in [0.25, 0.3) is 0 Å². The fourth-order valence-corrected chi connectivity index (χ4v) is 1.33. The molecule has 1 rings (SSSR count). The normalized spacial score (nSPS) is 11.3. The summed E-state index contributed by atoms with van der Waals surface area (Å²) >= 11 is 0. The Labute approximate surface area is 97.4 Å². The quantitative estimate of drug-likeness (QED) is 0.738. The lowest BCUT2D eigenvalue weighted by atomic mass is 10.0. The maximum Gasteiger partial charge on any atom is 0.573 e. The number of rotatable bonds is 5. The molecule has 0 aromatic heterocycles. The van der Waals surface area contributed by atoms with E-state index in [0.29, 0.717) is 12.8 Å². The van der Waals surface area contributed by atoms with Crippen LogP contribution in [0.3, 0.4) is 0 Å². The Morgan fingerprint density at radius 3 is 2.53 bits per heavy atom. The molecular formula is C12H12F3O2. The number of halogens is 3. The Morgan fingerprint density at radius 1 is 1.29 bits per heavy atom. The molecule has 0 unspecified atom stereocenters. The van der Waals surface area contributed by atoms with Crippen LogP contribution in [0.5, 0.6) is 5.75 Å². The Kier molecular flexibility index (Phi) is 4.54. The van der Waals surface area contributed by atoms with E-state index in [9.17, 15) is 18.0 Å². The highest BCUT2D eigenvalue weighted by atomic mass is 19.4. The van der Waals surface area contributed by atoms with Crippen molar-refractivity contribution in [3.63, 3.8) is 0 Å². The molecule has 0 N–H and O–H groups in total. The van der Waals surface area contributed by atoms with E-state index in [0.717, 1.165) is 6.07 Å². The number of unbranched alkanes of at least 4 members (excludes halogenated alkanes) is 1. The van der Waals surface area contributed by atoms with E-state index in [1.165, 1.54) is 18.2 Å². The van der Waals surface area contributed by atoms with E-state index in [2.05, 4.69) is 11.7 Å². The number of ether oxygens (including phenoxy) is 1. The average molecular weight is 245 g/mol. The van der Waals surface area contributed by atoms with Gasteiger partial charge in [-0.2, -0.15) is 0 Å². The standard InChI is InChI=1S/C12H12F3O2/c1-2-3-7-10(16)9-6-4-5-8-11(9)17-12(13,14)15/h4-6,8H,1-3,7H2. The summed E-state index contributed by atoms with van der Waals surface area (Å²) in [5.74, 6) is -0.817. The van der Waals surface area contributed by atoms with Crippen molar-refractivity contribution in [1.82, 2.24) is 0 Å². The zero-order valence-electron chi connectivity index (χ0n) is 9.09. The highest BCUT2D eigenvalue weighted by Crippen LogP contribution is 2.27. The first-order valence-corrected chi connectivity index (χ1v) is 5.11. The van der Waals surface area contributed by atoms with E-state index >= 15 is 0 Å². The summed E-state index contributed by atoms with van der Waals surface area (Å²) in [6, 6.07) is 5.34. The summed E-state index contributed by atoms with van der Waals surface area (Å²) in [7, 11) is 0. The number of benzene rings is 1. The van der Waals surface area contributed by atoms with Gasteiger partial charge < -0.3 is 4.74 Å². The van der Waals surface area contributed by atoms with Crippen molar-refractivity contribution in [2.45, 2.75) is 25.6 Å². The fraction of sp³-hybridized carbons (Fsp3) is 0.333. The Hall–Kier alpha value is -1.52. The van der Waals surface area contributed by atoms with Crippen LogP contribution in [0.1, 0.15) is 29.6 Å². The lowest BCUT2D eigenvalue weighted by Crippen LogP contribution is -2.19. The monoisotopic (exact) mass is 245 g/mol. The van der Waals surface area contributed by atoms with Gasteiger partial charge in [-0.15, -0.1) is 13.2 Å². The first kappa shape index (κ1) is 13.5. The minimum absolute atomic E-state index is 0.0433. The predicted molar refractivity (Wildman–Crippen MR) is 56.7 cm³/mol. The lowest BCUT2D eigenvalue weighted by molar-refractivity contribution is -0.274. The van der Waals surface area contributed by atoms with Gasteiger partial charge in [-0.1, -0.05) is 25.5 Å². The highest BCUT2D eigenvalue weighted by molar-refractivity contribution is 5.98. The van der Waals surface area contributed by atoms with Crippen molar-refractivity contribution >= 4 is 5.78 Å². The molecule has 0 fully saturated rings. The third-order valence-electron chi connectivity index (χ3n) is 2.07. The largest absolute Gasteiger partial charge is 0.573 e. The first-order valence-electron chi connectivity index (χ1n) is 5.11. The van der Waals surface area contributed by atoms with Crippen LogP contribution in [0.2, 0.25) is 0 Å². The molecule has 0 aliphatic rings. The third-order valence-corrected chi connectivity index (χ3v) is 2.07. The summed E-state index contributed by atoms with van der Waals surface area (Å²) < 4.78 is 40.1. The zero-order chi connectivity index (χ0) is 12.9. The van der Waals surface area contributed by atoms with E-state index in [1.807, 2.05) is 0 Å². The number of para-hydroxylation sites is 1. The fourth-order valence-electron chi connectivity index (χ4n) is 1.33. The van der Waals surface area contributed by atoms with Gasteiger partial charge >= 0.3 is 6.36 Å². The maximum atomic E-state index is 12.1. The third kappa shape index (κ3) is 4.46. The number of Topliss-reactive ketones (excluding diaryl/α,β-unsaturated/α-hetero) is 1. The van der Waals surface area contributed by atoms with Crippen molar-refractivity contribution in [2.75, 3.05) is 0 Å². The maximum absolute atomic E-state index is 12.1. The molecule has 93 valence electrons. The molecule has 0 saturated carbocycles. The van der Waals surface area contributed by atoms with Gasteiger partial charge in [-0.25, -0.2) is 0 Å². The van der Waals surface area contributed by atoms with Gasteiger partial charge in [0.25, 0.3) is 0 Å². The van der Waals surface area contributed by atoms with E-state index in [-0.39, 0.29) is 17.8 Å². The molecule has 1 radical (unpaired) electrons. The van der Waals surface area contributed by atoms with Gasteiger partial charge in [0.2, 0.25) is 0 Å². The van der Waals surface area contributed by atoms with E-state index < -0.39 is 12.1 Å². The second-order valence-electron chi connectivity index (χ2n) is 3.42. The molecule has 0 aliphatic heterocycles. The lowest BCUT2D eigenvalue weighted by Gasteiger charge is -2.12. The van der Waals surface area contributed by atoms with Crippen molar-refractivity contribution in [3.05, 3.63) is 36.8 Å². The molecular weight excluding hydrogens is 233 g/mol. The van der Waals surface area contributed by atoms with E-state index in [1.54, 1.807) is 0 Å². The number of carbonyl (C=O) groups is 1. The molecule has 1 aromatic rings. The molecule has 0 saturated heterocycles. The molecule has 0 spiro atoms. The number of alkyl halides is 3.